The number of aryl methyl sites for hydroxylation is 1. The van der Waals surface area contributed by atoms with Gasteiger partial charge in [-0.15, -0.1) is 0 Å². The van der Waals surface area contributed by atoms with E-state index in [0.717, 1.165) is 12.0 Å². The van der Waals surface area contributed by atoms with E-state index in [4.69, 9.17) is 9.47 Å². The Morgan fingerprint density at radius 1 is 1.17 bits per heavy atom. The van der Waals surface area contributed by atoms with Crippen LogP contribution in [-0.4, -0.2) is 24.1 Å². The molecule has 0 saturated carbocycles. The largest absolute Gasteiger partial charge is 0.512 e. The Bertz CT molecular complexity index is 409. The summed E-state index contributed by atoms with van der Waals surface area (Å²) in [7, 11) is 0. The molecule has 0 unspecified atom stereocenters. The number of aliphatic hydroxyl groups is 1. The highest BCUT2D eigenvalue weighted by molar-refractivity contribution is 5.17. The van der Waals surface area contributed by atoms with Crippen molar-refractivity contribution in [2.75, 3.05) is 13.2 Å². The Kier molecular flexibility index (Phi) is 4.04. The summed E-state index contributed by atoms with van der Waals surface area (Å²) in [6.07, 6.45) is 1.46. The molecule has 0 amide bonds. The lowest BCUT2D eigenvalue weighted by molar-refractivity contribution is -0.226. The second kappa shape index (κ2) is 5.55. The summed E-state index contributed by atoms with van der Waals surface area (Å²) in [5, 5.41) is 10.0. The summed E-state index contributed by atoms with van der Waals surface area (Å²) < 4.78 is 11.0. The van der Waals surface area contributed by atoms with Crippen LogP contribution in [0.15, 0.2) is 41.7 Å². The van der Waals surface area contributed by atoms with Crippen LogP contribution < -0.4 is 0 Å². The molecule has 1 aliphatic heterocycles. The van der Waals surface area contributed by atoms with Crippen molar-refractivity contribution in [1.82, 2.24) is 0 Å². The number of ether oxygens (including phenoxy) is 2. The predicted octanol–water partition coefficient (Wildman–Crippen LogP) is 3.21. The second-order valence-corrected chi connectivity index (χ2v) is 5.01. The van der Waals surface area contributed by atoms with Crippen molar-refractivity contribution < 1.29 is 14.6 Å². The molecule has 1 aromatic rings. The summed E-state index contributed by atoms with van der Waals surface area (Å²) in [4.78, 5) is 0. The Balaban J connectivity index is 1.90. The van der Waals surface area contributed by atoms with Crippen LogP contribution in [0.3, 0.4) is 0 Å². The van der Waals surface area contributed by atoms with E-state index in [1.54, 1.807) is 0 Å². The molecule has 1 aliphatic rings. The molecule has 0 spiro atoms. The van der Waals surface area contributed by atoms with Crippen LogP contribution in [0.1, 0.15) is 25.8 Å². The first-order valence-corrected chi connectivity index (χ1v) is 6.28. The molecular weight excluding hydrogens is 228 g/mol. The van der Waals surface area contributed by atoms with Crippen molar-refractivity contribution >= 4 is 0 Å². The lowest BCUT2D eigenvalue weighted by Crippen LogP contribution is -2.36. The summed E-state index contributed by atoms with van der Waals surface area (Å²) in [6, 6.07) is 10.1. The van der Waals surface area contributed by atoms with Gasteiger partial charge in [0.15, 0.2) is 5.79 Å². The van der Waals surface area contributed by atoms with Gasteiger partial charge in [-0.3, -0.25) is 0 Å². The standard InChI is InChI=1S/C15H20O3/c1-15(2)17-10-13(11-18-15)14(16)9-8-12-6-4-3-5-7-12/h3-7,16H,8-11H2,1-2H3. The second-order valence-electron chi connectivity index (χ2n) is 5.01. The smallest absolute Gasteiger partial charge is 0.163 e. The Hall–Kier alpha value is -1.32. The van der Waals surface area contributed by atoms with E-state index in [0.29, 0.717) is 25.4 Å². The van der Waals surface area contributed by atoms with Gasteiger partial charge in [-0.2, -0.15) is 0 Å². The Morgan fingerprint density at radius 2 is 1.78 bits per heavy atom. The molecule has 0 atom stereocenters. The highest BCUT2D eigenvalue weighted by atomic mass is 16.7. The summed E-state index contributed by atoms with van der Waals surface area (Å²) >= 11 is 0. The monoisotopic (exact) mass is 248 g/mol. The summed E-state index contributed by atoms with van der Waals surface area (Å²) in [6.45, 7) is 4.66. The molecule has 1 heterocycles. The van der Waals surface area contributed by atoms with Crippen molar-refractivity contribution in [1.29, 1.82) is 0 Å². The molecule has 1 aromatic carbocycles. The number of benzene rings is 1. The van der Waals surface area contributed by atoms with E-state index < -0.39 is 5.79 Å². The molecule has 0 bridgehead atoms. The molecule has 1 N–H and O–H groups in total. The van der Waals surface area contributed by atoms with Crippen molar-refractivity contribution in [3.63, 3.8) is 0 Å². The molecule has 0 aliphatic carbocycles. The molecule has 18 heavy (non-hydrogen) atoms. The molecular formula is C15H20O3. The van der Waals surface area contributed by atoms with Crippen LogP contribution in [0.5, 0.6) is 0 Å². The number of hydrogen-bond acceptors (Lipinski definition) is 3. The third-order valence-corrected chi connectivity index (χ3v) is 3.09. The third-order valence-electron chi connectivity index (χ3n) is 3.09. The highest BCUT2D eigenvalue weighted by Gasteiger charge is 2.26. The highest BCUT2D eigenvalue weighted by Crippen LogP contribution is 2.22. The van der Waals surface area contributed by atoms with E-state index in [2.05, 4.69) is 12.1 Å². The van der Waals surface area contributed by atoms with Crippen LogP contribution in [0.4, 0.5) is 0 Å². The van der Waals surface area contributed by atoms with Crippen molar-refractivity contribution in [3.8, 4) is 0 Å². The van der Waals surface area contributed by atoms with Crippen LogP contribution in [0, 0.1) is 0 Å². The third kappa shape index (κ3) is 3.59. The minimum Gasteiger partial charge on any atom is -0.512 e. The Morgan fingerprint density at radius 3 is 2.39 bits per heavy atom. The zero-order chi connectivity index (χ0) is 13.0. The van der Waals surface area contributed by atoms with Crippen LogP contribution in [-0.2, 0) is 15.9 Å². The number of hydrogen-bond donors (Lipinski definition) is 1. The van der Waals surface area contributed by atoms with Gasteiger partial charge in [-0.05, 0) is 25.8 Å². The molecule has 1 saturated heterocycles. The lowest BCUT2D eigenvalue weighted by Gasteiger charge is -2.32. The van der Waals surface area contributed by atoms with Gasteiger partial charge < -0.3 is 14.6 Å². The minimum atomic E-state index is -0.538. The molecule has 2 rings (SSSR count). The van der Waals surface area contributed by atoms with Gasteiger partial charge in [-0.1, -0.05) is 30.3 Å². The van der Waals surface area contributed by atoms with Gasteiger partial charge in [0.2, 0.25) is 0 Å². The van der Waals surface area contributed by atoms with E-state index >= 15 is 0 Å². The zero-order valence-electron chi connectivity index (χ0n) is 11.0. The maximum Gasteiger partial charge on any atom is 0.163 e. The minimum absolute atomic E-state index is 0.398. The summed E-state index contributed by atoms with van der Waals surface area (Å²) in [5.74, 6) is -0.141. The number of allylic oxidation sites excluding steroid dienone is 1. The van der Waals surface area contributed by atoms with E-state index in [9.17, 15) is 5.11 Å². The SMILES string of the molecule is CC1(C)OCC(=C(O)CCc2ccccc2)CO1. The van der Waals surface area contributed by atoms with E-state index in [1.807, 2.05) is 32.0 Å². The van der Waals surface area contributed by atoms with Crippen LogP contribution in [0.25, 0.3) is 0 Å². The van der Waals surface area contributed by atoms with Gasteiger partial charge in [-0.25, -0.2) is 0 Å². The van der Waals surface area contributed by atoms with Crippen molar-refractivity contribution in [3.05, 3.63) is 47.2 Å². The predicted molar refractivity (Wildman–Crippen MR) is 70.4 cm³/mol. The molecule has 3 heteroatoms. The first-order valence-electron chi connectivity index (χ1n) is 6.28. The quantitative estimate of drug-likeness (QED) is 0.835. The van der Waals surface area contributed by atoms with Gasteiger partial charge >= 0.3 is 0 Å². The van der Waals surface area contributed by atoms with Gasteiger partial charge in [0.05, 0.1) is 19.0 Å². The molecule has 3 nitrogen and oxygen atoms in total. The maximum absolute atomic E-state index is 10.0. The molecule has 98 valence electrons. The normalized spacial score (nSPS) is 18.7. The van der Waals surface area contributed by atoms with Crippen molar-refractivity contribution in [2.45, 2.75) is 32.5 Å². The van der Waals surface area contributed by atoms with E-state index in [1.165, 1.54) is 5.56 Å². The van der Waals surface area contributed by atoms with Crippen LogP contribution in [0.2, 0.25) is 0 Å². The Labute approximate surface area is 108 Å². The maximum atomic E-state index is 10.0. The first-order chi connectivity index (χ1) is 8.57. The molecule has 0 aromatic heterocycles. The van der Waals surface area contributed by atoms with Gasteiger partial charge in [0.25, 0.3) is 0 Å². The fourth-order valence-corrected chi connectivity index (χ4v) is 1.86. The number of aliphatic hydroxyl groups excluding tert-OH is 1. The van der Waals surface area contributed by atoms with Gasteiger partial charge in [0, 0.05) is 12.0 Å². The topological polar surface area (TPSA) is 38.7 Å². The number of rotatable bonds is 3. The fourth-order valence-electron chi connectivity index (χ4n) is 1.86. The average molecular weight is 248 g/mol. The van der Waals surface area contributed by atoms with Crippen molar-refractivity contribution in [2.24, 2.45) is 0 Å². The first kappa shape index (κ1) is 13.1. The molecule has 0 radical (unpaired) electrons. The lowest BCUT2D eigenvalue weighted by atomic mass is 10.1. The molecule has 1 fully saturated rings. The van der Waals surface area contributed by atoms with Gasteiger partial charge in [0.1, 0.15) is 0 Å². The van der Waals surface area contributed by atoms with Crippen LogP contribution >= 0.6 is 0 Å². The fraction of sp³-hybridized carbons (Fsp3) is 0.467. The van der Waals surface area contributed by atoms with E-state index in [-0.39, 0.29) is 0 Å². The zero-order valence-corrected chi connectivity index (χ0v) is 11.0. The summed E-state index contributed by atoms with van der Waals surface area (Å²) in [5.41, 5.74) is 2.08. The average Bonchev–Trinajstić information content (AvgIpc) is 2.37.